The number of fused-ring (bicyclic) bond motifs is 1. The van der Waals surface area contributed by atoms with E-state index < -0.39 is 0 Å². The zero-order valence-corrected chi connectivity index (χ0v) is 23.0. The minimum absolute atomic E-state index is 0.00989. The third kappa shape index (κ3) is 6.29. The fraction of sp³-hybridized carbons (Fsp3) is 0.519. The molecule has 37 heavy (non-hydrogen) atoms. The Balaban J connectivity index is 1.40. The molecule has 2 unspecified atom stereocenters. The van der Waals surface area contributed by atoms with Crippen molar-refractivity contribution in [2.24, 2.45) is 0 Å². The summed E-state index contributed by atoms with van der Waals surface area (Å²) in [6.45, 7) is 3.80. The molecule has 2 heterocycles. The first-order valence-electron chi connectivity index (χ1n) is 13.2. The molecule has 0 radical (unpaired) electrons. The molecule has 2 fully saturated rings. The van der Waals surface area contributed by atoms with E-state index in [4.69, 9.17) is 9.97 Å². The van der Waals surface area contributed by atoms with Crippen LogP contribution >= 0.6 is 23.5 Å². The van der Waals surface area contributed by atoms with Gasteiger partial charge >= 0.3 is 0 Å². The molecule has 2 aromatic heterocycles. The summed E-state index contributed by atoms with van der Waals surface area (Å²) < 4.78 is 1.79. The molecule has 2 saturated carbocycles. The largest absolute Gasteiger partial charge is 0.352 e. The van der Waals surface area contributed by atoms with Gasteiger partial charge < -0.3 is 10.6 Å². The second kappa shape index (κ2) is 11.9. The van der Waals surface area contributed by atoms with Gasteiger partial charge in [0.15, 0.2) is 10.8 Å². The number of amides is 2. The number of benzene rings is 1. The van der Waals surface area contributed by atoms with Crippen molar-refractivity contribution in [2.75, 3.05) is 0 Å². The lowest BCUT2D eigenvalue weighted by Crippen LogP contribution is -2.37. The van der Waals surface area contributed by atoms with Gasteiger partial charge in [0.25, 0.3) is 0 Å². The Morgan fingerprint density at radius 3 is 2.03 bits per heavy atom. The topological polar surface area (TPSA) is 102 Å². The molecule has 196 valence electrons. The molecule has 2 amide bonds. The molecule has 3 aromatic rings. The van der Waals surface area contributed by atoms with Crippen LogP contribution in [-0.2, 0) is 9.59 Å². The SMILES string of the molecule is CC(Sc1nc(SC(C)C(=O)NC2CCCC2)c2cnn(-c3ccccc3)c2n1)C(=O)NC1CCCC1. The van der Waals surface area contributed by atoms with E-state index in [-0.39, 0.29) is 34.4 Å². The van der Waals surface area contributed by atoms with Crippen molar-refractivity contribution >= 4 is 46.4 Å². The van der Waals surface area contributed by atoms with E-state index in [1.807, 2.05) is 44.2 Å². The average Bonchev–Trinajstić information content (AvgIpc) is 3.67. The lowest BCUT2D eigenvalue weighted by Gasteiger charge is -2.17. The number of carbonyl (C=O) groups is 2. The molecular weight excluding hydrogens is 504 g/mol. The molecule has 0 bridgehead atoms. The van der Waals surface area contributed by atoms with Crippen molar-refractivity contribution in [3.8, 4) is 5.69 Å². The van der Waals surface area contributed by atoms with Crippen LogP contribution in [0.3, 0.4) is 0 Å². The Hall–Kier alpha value is -2.59. The smallest absolute Gasteiger partial charge is 0.233 e. The van der Waals surface area contributed by atoms with Crippen molar-refractivity contribution in [2.45, 2.75) is 98.0 Å². The Kier molecular flexibility index (Phi) is 8.34. The number of hydrogen-bond acceptors (Lipinski definition) is 7. The summed E-state index contributed by atoms with van der Waals surface area (Å²) >= 11 is 2.76. The van der Waals surface area contributed by atoms with Gasteiger partial charge in [-0.25, -0.2) is 14.6 Å². The molecular formula is C27H34N6O2S2. The summed E-state index contributed by atoms with van der Waals surface area (Å²) in [6.07, 6.45) is 10.6. The summed E-state index contributed by atoms with van der Waals surface area (Å²) in [6, 6.07) is 10.4. The molecule has 2 N–H and O–H groups in total. The maximum absolute atomic E-state index is 12.9. The number of para-hydroxylation sites is 1. The third-order valence-electron chi connectivity index (χ3n) is 7.09. The van der Waals surface area contributed by atoms with Crippen molar-refractivity contribution in [1.29, 1.82) is 0 Å². The number of aromatic nitrogens is 4. The van der Waals surface area contributed by atoms with Crippen LogP contribution in [0.25, 0.3) is 16.7 Å². The number of nitrogens with zero attached hydrogens (tertiary/aromatic N) is 4. The van der Waals surface area contributed by atoms with Crippen LogP contribution in [0, 0.1) is 0 Å². The third-order valence-corrected chi connectivity index (χ3v) is 9.15. The molecule has 8 nitrogen and oxygen atoms in total. The molecule has 5 rings (SSSR count). The van der Waals surface area contributed by atoms with Crippen LogP contribution in [0.4, 0.5) is 0 Å². The predicted molar refractivity (Wildman–Crippen MR) is 148 cm³/mol. The number of carbonyl (C=O) groups excluding carboxylic acids is 2. The summed E-state index contributed by atoms with van der Waals surface area (Å²) in [4.78, 5) is 35.4. The van der Waals surface area contributed by atoms with Crippen LogP contribution < -0.4 is 10.6 Å². The average molecular weight is 539 g/mol. The maximum Gasteiger partial charge on any atom is 0.233 e. The highest BCUT2D eigenvalue weighted by Crippen LogP contribution is 2.33. The molecule has 0 aliphatic heterocycles. The maximum atomic E-state index is 12.9. The summed E-state index contributed by atoms with van der Waals surface area (Å²) in [5.74, 6) is 0.0355. The van der Waals surface area contributed by atoms with E-state index in [0.29, 0.717) is 15.8 Å². The van der Waals surface area contributed by atoms with Crippen LogP contribution in [0.15, 0.2) is 46.7 Å². The second-order valence-electron chi connectivity index (χ2n) is 9.94. The van der Waals surface area contributed by atoms with Gasteiger partial charge in [0.05, 0.1) is 27.8 Å². The van der Waals surface area contributed by atoms with Gasteiger partial charge in [-0.15, -0.1) is 0 Å². The number of hydrogen-bond donors (Lipinski definition) is 2. The van der Waals surface area contributed by atoms with Gasteiger partial charge in [0, 0.05) is 12.1 Å². The van der Waals surface area contributed by atoms with E-state index in [1.54, 1.807) is 10.9 Å². The van der Waals surface area contributed by atoms with E-state index in [0.717, 1.165) is 36.8 Å². The minimum Gasteiger partial charge on any atom is -0.352 e. The first-order valence-corrected chi connectivity index (χ1v) is 15.0. The minimum atomic E-state index is -0.341. The van der Waals surface area contributed by atoms with E-state index in [1.165, 1.54) is 49.2 Å². The first-order chi connectivity index (χ1) is 18.0. The van der Waals surface area contributed by atoms with E-state index in [9.17, 15) is 9.59 Å². The van der Waals surface area contributed by atoms with Gasteiger partial charge in [0.2, 0.25) is 11.8 Å². The van der Waals surface area contributed by atoms with E-state index in [2.05, 4.69) is 15.7 Å². The Bertz CT molecular complexity index is 1240. The molecule has 2 aliphatic rings. The van der Waals surface area contributed by atoms with E-state index >= 15 is 0 Å². The Morgan fingerprint density at radius 1 is 0.865 bits per heavy atom. The molecule has 1 aromatic carbocycles. The Labute approximate surface area is 226 Å². The molecule has 2 atom stereocenters. The van der Waals surface area contributed by atoms with Crippen molar-refractivity contribution in [1.82, 2.24) is 30.4 Å². The van der Waals surface area contributed by atoms with Gasteiger partial charge in [-0.1, -0.05) is 67.4 Å². The van der Waals surface area contributed by atoms with Crippen LogP contribution in [-0.4, -0.2) is 54.1 Å². The van der Waals surface area contributed by atoms with Gasteiger partial charge in [-0.05, 0) is 51.7 Å². The predicted octanol–water partition coefficient (Wildman–Crippen LogP) is 4.89. The summed E-state index contributed by atoms with van der Waals surface area (Å²) in [5, 5.41) is 12.3. The number of nitrogens with one attached hydrogen (secondary N) is 2. The molecule has 0 saturated heterocycles. The van der Waals surface area contributed by atoms with Crippen LogP contribution in [0.1, 0.15) is 65.2 Å². The quantitative estimate of drug-likeness (QED) is 0.227. The lowest BCUT2D eigenvalue weighted by molar-refractivity contribution is -0.121. The van der Waals surface area contributed by atoms with Crippen molar-refractivity contribution < 1.29 is 9.59 Å². The van der Waals surface area contributed by atoms with Gasteiger partial charge in [-0.2, -0.15) is 5.10 Å². The highest BCUT2D eigenvalue weighted by molar-refractivity contribution is 8.01. The van der Waals surface area contributed by atoms with Gasteiger partial charge in [-0.3, -0.25) is 9.59 Å². The normalized spacial score (nSPS) is 18.2. The fourth-order valence-electron chi connectivity index (χ4n) is 4.97. The molecule has 10 heteroatoms. The number of rotatable bonds is 9. The van der Waals surface area contributed by atoms with Crippen LogP contribution in [0.2, 0.25) is 0 Å². The highest BCUT2D eigenvalue weighted by Gasteiger charge is 2.26. The first kappa shape index (κ1) is 26.0. The summed E-state index contributed by atoms with van der Waals surface area (Å²) in [7, 11) is 0. The zero-order valence-electron chi connectivity index (χ0n) is 21.4. The van der Waals surface area contributed by atoms with Gasteiger partial charge in [0.1, 0.15) is 5.03 Å². The number of thioether (sulfide) groups is 2. The van der Waals surface area contributed by atoms with Crippen molar-refractivity contribution in [3.63, 3.8) is 0 Å². The van der Waals surface area contributed by atoms with Crippen molar-refractivity contribution in [3.05, 3.63) is 36.5 Å². The standard InChI is InChI=1S/C27H34N6O2S2/c1-17(24(34)29-19-10-6-7-11-19)36-26-22-16-28-33(21-14-4-3-5-15-21)23(22)31-27(32-26)37-18(2)25(35)30-20-12-8-9-13-20/h3-5,14-20H,6-13H2,1-2H3,(H,29,34)(H,30,35). The monoisotopic (exact) mass is 538 g/mol. The zero-order chi connectivity index (χ0) is 25.8. The Morgan fingerprint density at radius 2 is 1.43 bits per heavy atom. The lowest BCUT2D eigenvalue weighted by atomic mass is 10.2. The second-order valence-corrected chi connectivity index (χ2v) is 12.6. The van der Waals surface area contributed by atoms with Crippen LogP contribution in [0.5, 0.6) is 0 Å². The highest BCUT2D eigenvalue weighted by atomic mass is 32.2. The summed E-state index contributed by atoms with van der Waals surface area (Å²) in [5.41, 5.74) is 1.56. The fourth-order valence-corrected chi connectivity index (χ4v) is 6.73. The molecule has 2 aliphatic carbocycles. The molecule has 0 spiro atoms.